The van der Waals surface area contributed by atoms with Crippen LogP contribution in [0.3, 0.4) is 0 Å². The summed E-state index contributed by atoms with van der Waals surface area (Å²) in [7, 11) is 0. The van der Waals surface area contributed by atoms with Crippen LogP contribution in [0, 0.1) is 0 Å². The second kappa shape index (κ2) is 4.36. The number of amides is 1. The van der Waals surface area contributed by atoms with Gasteiger partial charge in [-0.15, -0.1) is 0 Å². The standard InChI is InChI=1S/C11H10ClNO2/c12-9-1-3-10(4-2-9)13-11(14)8-5-6-15-7-8/h1-4,7H,5-6H2,(H,13,14). The van der Waals surface area contributed by atoms with E-state index in [0.717, 1.165) is 5.69 Å². The number of anilines is 1. The van der Waals surface area contributed by atoms with Gasteiger partial charge in [-0.2, -0.15) is 0 Å². The van der Waals surface area contributed by atoms with Crippen molar-refractivity contribution in [3.05, 3.63) is 41.1 Å². The SMILES string of the molecule is O=C(Nc1ccc(Cl)cc1)C1=COCC1. The maximum Gasteiger partial charge on any atom is 0.254 e. The van der Waals surface area contributed by atoms with Gasteiger partial charge >= 0.3 is 0 Å². The van der Waals surface area contributed by atoms with Crippen LogP contribution in [-0.2, 0) is 9.53 Å². The van der Waals surface area contributed by atoms with Crippen LogP contribution in [-0.4, -0.2) is 12.5 Å². The molecule has 0 bridgehead atoms. The lowest BCUT2D eigenvalue weighted by Crippen LogP contribution is -2.13. The first kappa shape index (κ1) is 10.1. The summed E-state index contributed by atoms with van der Waals surface area (Å²) < 4.78 is 4.99. The minimum Gasteiger partial charge on any atom is -0.500 e. The molecule has 1 aliphatic heterocycles. The minimum atomic E-state index is -0.116. The van der Waals surface area contributed by atoms with E-state index in [1.54, 1.807) is 24.3 Å². The van der Waals surface area contributed by atoms with E-state index in [1.165, 1.54) is 6.26 Å². The van der Waals surface area contributed by atoms with Crippen molar-refractivity contribution in [2.45, 2.75) is 6.42 Å². The second-order valence-corrected chi connectivity index (χ2v) is 3.66. The summed E-state index contributed by atoms with van der Waals surface area (Å²) in [5.41, 5.74) is 1.40. The fraction of sp³-hybridized carbons (Fsp3) is 0.182. The van der Waals surface area contributed by atoms with Crippen molar-refractivity contribution in [1.82, 2.24) is 0 Å². The molecule has 0 spiro atoms. The van der Waals surface area contributed by atoms with Gasteiger partial charge in [0.05, 0.1) is 18.4 Å². The van der Waals surface area contributed by atoms with E-state index >= 15 is 0 Å². The first-order valence-corrected chi connectivity index (χ1v) is 5.01. The Kier molecular flexibility index (Phi) is 2.92. The molecule has 0 saturated heterocycles. The zero-order chi connectivity index (χ0) is 10.7. The highest BCUT2D eigenvalue weighted by atomic mass is 35.5. The Morgan fingerprint density at radius 2 is 2.07 bits per heavy atom. The number of nitrogens with one attached hydrogen (secondary N) is 1. The van der Waals surface area contributed by atoms with Crippen LogP contribution < -0.4 is 5.32 Å². The number of carbonyl (C=O) groups is 1. The molecule has 1 N–H and O–H groups in total. The molecule has 0 saturated carbocycles. The average Bonchev–Trinajstić information content (AvgIpc) is 2.74. The molecule has 4 heteroatoms. The third-order valence-electron chi connectivity index (χ3n) is 2.11. The average molecular weight is 224 g/mol. The van der Waals surface area contributed by atoms with E-state index in [1.807, 2.05) is 0 Å². The van der Waals surface area contributed by atoms with Gasteiger partial charge in [0, 0.05) is 17.1 Å². The minimum absolute atomic E-state index is 0.116. The number of benzene rings is 1. The largest absolute Gasteiger partial charge is 0.500 e. The summed E-state index contributed by atoms with van der Waals surface area (Å²) in [5, 5.41) is 3.41. The van der Waals surface area contributed by atoms with Crippen molar-refractivity contribution in [1.29, 1.82) is 0 Å². The van der Waals surface area contributed by atoms with E-state index in [-0.39, 0.29) is 5.91 Å². The quantitative estimate of drug-likeness (QED) is 0.837. The summed E-state index contributed by atoms with van der Waals surface area (Å²) in [6, 6.07) is 6.99. The van der Waals surface area contributed by atoms with E-state index in [9.17, 15) is 4.79 Å². The van der Waals surface area contributed by atoms with Gasteiger partial charge in [0.1, 0.15) is 0 Å². The monoisotopic (exact) mass is 223 g/mol. The molecule has 1 aromatic rings. The van der Waals surface area contributed by atoms with E-state index in [4.69, 9.17) is 16.3 Å². The zero-order valence-corrected chi connectivity index (χ0v) is 8.75. The zero-order valence-electron chi connectivity index (χ0n) is 8.00. The van der Waals surface area contributed by atoms with Crippen LogP contribution in [0.25, 0.3) is 0 Å². The number of carbonyl (C=O) groups excluding carboxylic acids is 1. The van der Waals surface area contributed by atoms with Crippen molar-refractivity contribution in [3.63, 3.8) is 0 Å². The molecule has 1 aliphatic rings. The van der Waals surface area contributed by atoms with E-state index in [0.29, 0.717) is 23.6 Å². The summed E-state index contributed by atoms with van der Waals surface area (Å²) >= 11 is 5.73. The first-order valence-electron chi connectivity index (χ1n) is 4.63. The van der Waals surface area contributed by atoms with Crippen molar-refractivity contribution < 1.29 is 9.53 Å². The first-order chi connectivity index (χ1) is 7.25. The Hall–Kier alpha value is -1.48. The fourth-order valence-electron chi connectivity index (χ4n) is 1.30. The van der Waals surface area contributed by atoms with Crippen LogP contribution in [0.4, 0.5) is 5.69 Å². The highest BCUT2D eigenvalue weighted by Gasteiger charge is 2.14. The normalized spacial score (nSPS) is 14.3. The van der Waals surface area contributed by atoms with Gasteiger partial charge in [-0.25, -0.2) is 0 Å². The molecule has 15 heavy (non-hydrogen) atoms. The summed E-state index contributed by atoms with van der Waals surface area (Å²) in [4.78, 5) is 11.6. The Bertz CT molecular complexity index is 398. The van der Waals surface area contributed by atoms with Gasteiger partial charge in [0.25, 0.3) is 5.91 Å². The lowest BCUT2D eigenvalue weighted by molar-refractivity contribution is -0.112. The molecule has 0 radical (unpaired) electrons. The third kappa shape index (κ3) is 2.50. The summed E-state index contributed by atoms with van der Waals surface area (Å²) in [6.45, 7) is 0.587. The summed E-state index contributed by atoms with van der Waals surface area (Å²) in [5.74, 6) is -0.116. The molecule has 0 aromatic heterocycles. The summed E-state index contributed by atoms with van der Waals surface area (Å²) in [6.07, 6.45) is 2.17. The Balaban J connectivity index is 2.02. The van der Waals surface area contributed by atoms with Gasteiger partial charge in [-0.1, -0.05) is 11.6 Å². The molecular weight excluding hydrogens is 214 g/mol. The maximum absolute atomic E-state index is 11.6. The Morgan fingerprint density at radius 3 is 2.67 bits per heavy atom. The molecule has 3 nitrogen and oxygen atoms in total. The predicted molar refractivity (Wildman–Crippen MR) is 58.7 cm³/mol. The van der Waals surface area contributed by atoms with Gasteiger partial charge < -0.3 is 10.1 Å². The van der Waals surface area contributed by atoms with Crippen molar-refractivity contribution in [2.75, 3.05) is 11.9 Å². The molecule has 1 heterocycles. The van der Waals surface area contributed by atoms with Crippen LogP contribution in [0.15, 0.2) is 36.1 Å². The van der Waals surface area contributed by atoms with Gasteiger partial charge in [0.15, 0.2) is 0 Å². The number of hydrogen-bond acceptors (Lipinski definition) is 2. The van der Waals surface area contributed by atoms with Crippen LogP contribution in [0.2, 0.25) is 5.02 Å². The second-order valence-electron chi connectivity index (χ2n) is 3.22. The molecule has 1 aromatic carbocycles. The van der Waals surface area contributed by atoms with Gasteiger partial charge in [0.2, 0.25) is 0 Å². The predicted octanol–water partition coefficient (Wildman–Crippen LogP) is 2.58. The topological polar surface area (TPSA) is 38.3 Å². The molecule has 2 rings (SSSR count). The van der Waals surface area contributed by atoms with E-state index < -0.39 is 0 Å². The van der Waals surface area contributed by atoms with Gasteiger partial charge in [-0.3, -0.25) is 4.79 Å². The molecule has 1 amide bonds. The Morgan fingerprint density at radius 1 is 1.33 bits per heavy atom. The molecule has 0 unspecified atom stereocenters. The number of ether oxygens (including phenoxy) is 1. The van der Waals surface area contributed by atoms with E-state index in [2.05, 4.69) is 5.32 Å². The van der Waals surface area contributed by atoms with Gasteiger partial charge in [-0.05, 0) is 24.3 Å². The third-order valence-corrected chi connectivity index (χ3v) is 2.36. The van der Waals surface area contributed by atoms with Crippen LogP contribution >= 0.6 is 11.6 Å². The smallest absolute Gasteiger partial charge is 0.254 e. The highest BCUT2D eigenvalue weighted by molar-refractivity contribution is 6.30. The highest BCUT2D eigenvalue weighted by Crippen LogP contribution is 2.16. The number of hydrogen-bond donors (Lipinski definition) is 1. The molecule has 0 fully saturated rings. The number of rotatable bonds is 2. The molecule has 78 valence electrons. The Labute approximate surface area is 92.7 Å². The lowest BCUT2D eigenvalue weighted by atomic mass is 10.2. The van der Waals surface area contributed by atoms with Crippen molar-refractivity contribution >= 4 is 23.2 Å². The molecule has 0 atom stereocenters. The molecule has 0 aliphatic carbocycles. The van der Waals surface area contributed by atoms with Crippen LogP contribution in [0.5, 0.6) is 0 Å². The number of halogens is 1. The van der Waals surface area contributed by atoms with Crippen molar-refractivity contribution in [3.8, 4) is 0 Å². The maximum atomic E-state index is 11.6. The lowest BCUT2D eigenvalue weighted by Gasteiger charge is -2.04. The van der Waals surface area contributed by atoms with Crippen molar-refractivity contribution in [2.24, 2.45) is 0 Å². The van der Waals surface area contributed by atoms with Crippen LogP contribution in [0.1, 0.15) is 6.42 Å². The fourth-order valence-corrected chi connectivity index (χ4v) is 1.42. The molecular formula is C11H10ClNO2.